The summed E-state index contributed by atoms with van der Waals surface area (Å²) < 4.78 is 11.1. The van der Waals surface area contributed by atoms with E-state index >= 15 is 0 Å². The highest BCUT2D eigenvalue weighted by Gasteiger charge is 2.32. The van der Waals surface area contributed by atoms with Gasteiger partial charge in [-0.3, -0.25) is 0 Å². The Bertz CT molecular complexity index is 184. The minimum Gasteiger partial charge on any atom is -0.381 e. The predicted molar refractivity (Wildman–Crippen MR) is 61.4 cm³/mol. The van der Waals surface area contributed by atoms with Gasteiger partial charge in [0.05, 0.1) is 6.10 Å². The molecule has 1 unspecified atom stereocenters. The van der Waals surface area contributed by atoms with Crippen molar-refractivity contribution in [3.63, 3.8) is 0 Å². The summed E-state index contributed by atoms with van der Waals surface area (Å²) in [5.74, 6) is 0.781. The fraction of sp³-hybridized carbons (Fsp3) is 1.00. The van der Waals surface area contributed by atoms with Crippen LogP contribution in [0.4, 0.5) is 0 Å². The van der Waals surface area contributed by atoms with E-state index in [4.69, 9.17) is 21.1 Å². The zero-order valence-electron chi connectivity index (χ0n) is 9.34. The van der Waals surface area contributed by atoms with Crippen LogP contribution in [0.25, 0.3) is 0 Å². The summed E-state index contributed by atoms with van der Waals surface area (Å²) >= 11 is 6.13. The zero-order chi connectivity index (χ0) is 10.6. The van der Waals surface area contributed by atoms with Crippen LogP contribution in [0, 0.1) is 5.41 Å². The molecule has 0 aliphatic carbocycles. The molecule has 15 heavy (non-hydrogen) atoms. The maximum absolute atomic E-state index is 6.13. The Balaban J connectivity index is 1.78. The SMILES string of the molecule is ClCC1(CCC2CCCO2)CCOCC1. The molecule has 2 aliphatic rings. The summed E-state index contributed by atoms with van der Waals surface area (Å²) in [4.78, 5) is 0. The highest BCUT2D eigenvalue weighted by molar-refractivity contribution is 6.18. The summed E-state index contributed by atoms with van der Waals surface area (Å²) in [5, 5.41) is 0. The normalized spacial score (nSPS) is 30.6. The van der Waals surface area contributed by atoms with Crippen molar-refractivity contribution in [2.45, 2.75) is 44.6 Å². The second-order valence-electron chi connectivity index (χ2n) is 4.92. The van der Waals surface area contributed by atoms with Crippen LogP contribution in [-0.4, -0.2) is 31.8 Å². The van der Waals surface area contributed by atoms with Gasteiger partial charge in [-0.15, -0.1) is 11.6 Å². The maximum Gasteiger partial charge on any atom is 0.0576 e. The first-order valence-corrected chi connectivity index (χ1v) is 6.63. The van der Waals surface area contributed by atoms with Gasteiger partial charge in [-0.05, 0) is 43.9 Å². The molecule has 0 N–H and O–H groups in total. The third-order valence-corrected chi connectivity index (χ3v) is 4.42. The van der Waals surface area contributed by atoms with Crippen LogP contribution in [0.2, 0.25) is 0 Å². The second kappa shape index (κ2) is 5.51. The van der Waals surface area contributed by atoms with Crippen LogP contribution in [0.1, 0.15) is 38.5 Å². The first kappa shape index (κ1) is 11.7. The molecule has 0 saturated carbocycles. The van der Waals surface area contributed by atoms with E-state index in [1.165, 1.54) is 25.7 Å². The van der Waals surface area contributed by atoms with E-state index in [0.29, 0.717) is 11.5 Å². The van der Waals surface area contributed by atoms with E-state index in [-0.39, 0.29) is 0 Å². The van der Waals surface area contributed by atoms with Crippen molar-refractivity contribution in [3.05, 3.63) is 0 Å². The van der Waals surface area contributed by atoms with Gasteiger partial charge in [0.2, 0.25) is 0 Å². The highest BCUT2D eigenvalue weighted by Crippen LogP contribution is 2.38. The van der Waals surface area contributed by atoms with Gasteiger partial charge in [0.15, 0.2) is 0 Å². The number of hydrogen-bond donors (Lipinski definition) is 0. The lowest BCUT2D eigenvalue weighted by molar-refractivity contribution is 0.0109. The van der Waals surface area contributed by atoms with E-state index in [2.05, 4.69) is 0 Å². The van der Waals surface area contributed by atoms with Gasteiger partial charge < -0.3 is 9.47 Å². The molecule has 0 amide bonds. The average molecular weight is 233 g/mol. The summed E-state index contributed by atoms with van der Waals surface area (Å²) in [7, 11) is 0. The third-order valence-electron chi connectivity index (χ3n) is 3.86. The van der Waals surface area contributed by atoms with Gasteiger partial charge in [-0.25, -0.2) is 0 Å². The smallest absolute Gasteiger partial charge is 0.0576 e. The Labute approximate surface area is 97.3 Å². The Morgan fingerprint density at radius 2 is 2.00 bits per heavy atom. The monoisotopic (exact) mass is 232 g/mol. The molecule has 2 nitrogen and oxygen atoms in total. The lowest BCUT2D eigenvalue weighted by atomic mass is 9.77. The Kier molecular flexibility index (Phi) is 4.30. The van der Waals surface area contributed by atoms with Crippen molar-refractivity contribution in [2.24, 2.45) is 5.41 Å². The van der Waals surface area contributed by atoms with Gasteiger partial charge in [0, 0.05) is 25.7 Å². The largest absolute Gasteiger partial charge is 0.381 e. The minimum absolute atomic E-state index is 0.339. The number of rotatable bonds is 4. The van der Waals surface area contributed by atoms with Crippen molar-refractivity contribution in [1.82, 2.24) is 0 Å². The first-order chi connectivity index (χ1) is 7.35. The van der Waals surface area contributed by atoms with Crippen molar-refractivity contribution in [3.8, 4) is 0 Å². The molecule has 88 valence electrons. The molecule has 0 spiro atoms. The number of alkyl halides is 1. The summed E-state index contributed by atoms with van der Waals surface area (Å²) in [6.45, 7) is 2.73. The molecule has 0 radical (unpaired) electrons. The lowest BCUT2D eigenvalue weighted by Gasteiger charge is -2.36. The van der Waals surface area contributed by atoms with Crippen molar-refractivity contribution in [1.29, 1.82) is 0 Å². The first-order valence-electron chi connectivity index (χ1n) is 6.10. The van der Waals surface area contributed by atoms with Crippen LogP contribution in [0.5, 0.6) is 0 Å². The van der Waals surface area contributed by atoms with E-state index in [1.54, 1.807) is 0 Å². The molecular formula is C12H21ClO2. The van der Waals surface area contributed by atoms with Gasteiger partial charge in [0.25, 0.3) is 0 Å². The van der Waals surface area contributed by atoms with Crippen molar-refractivity contribution in [2.75, 3.05) is 25.7 Å². The van der Waals surface area contributed by atoms with Gasteiger partial charge in [0.1, 0.15) is 0 Å². The molecule has 2 rings (SSSR count). The summed E-state index contributed by atoms with van der Waals surface area (Å²) in [6, 6.07) is 0. The average Bonchev–Trinajstić information content (AvgIpc) is 2.81. The Morgan fingerprint density at radius 3 is 2.60 bits per heavy atom. The van der Waals surface area contributed by atoms with Crippen LogP contribution in [-0.2, 0) is 9.47 Å². The number of hydrogen-bond acceptors (Lipinski definition) is 2. The van der Waals surface area contributed by atoms with E-state index in [0.717, 1.165) is 38.5 Å². The van der Waals surface area contributed by atoms with Crippen molar-refractivity contribution >= 4 is 11.6 Å². The fourth-order valence-electron chi connectivity index (χ4n) is 2.59. The van der Waals surface area contributed by atoms with Gasteiger partial charge in [-0.1, -0.05) is 0 Å². The lowest BCUT2D eigenvalue weighted by Crippen LogP contribution is -2.32. The molecule has 2 saturated heterocycles. The summed E-state index contributed by atoms with van der Waals surface area (Å²) in [5.41, 5.74) is 0.339. The topological polar surface area (TPSA) is 18.5 Å². The van der Waals surface area contributed by atoms with E-state index < -0.39 is 0 Å². The molecule has 2 aliphatic heterocycles. The quantitative estimate of drug-likeness (QED) is 0.694. The van der Waals surface area contributed by atoms with E-state index in [9.17, 15) is 0 Å². The standard InChI is InChI=1S/C12H21ClO2/c13-10-12(5-8-14-9-6-12)4-3-11-2-1-7-15-11/h11H,1-10H2. The number of ether oxygens (including phenoxy) is 2. The minimum atomic E-state index is 0.339. The molecule has 0 aromatic rings. The molecule has 2 heterocycles. The van der Waals surface area contributed by atoms with Gasteiger partial charge >= 0.3 is 0 Å². The molecule has 1 atom stereocenters. The number of halogens is 1. The van der Waals surface area contributed by atoms with Gasteiger partial charge in [-0.2, -0.15) is 0 Å². The maximum atomic E-state index is 6.13. The molecule has 3 heteroatoms. The molecule has 0 bridgehead atoms. The molecule has 2 fully saturated rings. The Hall–Kier alpha value is 0.210. The van der Waals surface area contributed by atoms with Crippen molar-refractivity contribution < 1.29 is 9.47 Å². The Morgan fingerprint density at radius 1 is 1.20 bits per heavy atom. The molecule has 0 aromatic carbocycles. The molecule has 0 aromatic heterocycles. The molecular weight excluding hydrogens is 212 g/mol. The van der Waals surface area contributed by atoms with Crippen LogP contribution >= 0.6 is 11.6 Å². The fourth-order valence-corrected chi connectivity index (χ4v) is 2.99. The second-order valence-corrected chi connectivity index (χ2v) is 5.19. The van der Waals surface area contributed by atoms with Crippen LogP contribution in [0.3, 0.4) is 0 Å². The highest BCUT2D eigenvalue weighted by atomic mass is 35.5. The third kappa shape index (κ3) is 3.08. The van der Waals surface area contributed by atoms with Crippen LogP contribution in [0.15, 0.2) is 0 Å². The summed E-state index contributed by atoms with van der Waals surface area (Å²) in [6.07, 6.45) is 7.65. The van der Waals surface area contributed by atoms with Crippen LogP contribution < -0.4 is 0 Å². The van der Waals surface area contributed by atoms with E-state index in [1.807, 2.05) is 0 Å². The zero-order valence-corrected chi connectivity index (χ0v) is 10.1. The predicted octanol–water partition coefficient (Wildman–Crippen LogP) is 2.98.